The van der Waals surface area contributed by atoms with Gasteiger partial charge in [-0.3, -0.25) is 5.41 Å². The maximum absolute atomic E-state index is 7.62. The first-order chi connectivity index (χ1) is 8.01. The molecule has 0 aliphatic carbocycles. The van der Waals surface area contributed by atoms with Crippen LogP contribution in [0.1, 0.15) is 32.8 Å². The Labute approximate surface area is 108 Å². The molecule has 1 aromatic carbocycles. The molecule has 17 heavy (non-hydrogen) atoms. The van der Waals surface area contributed by atoms with Gasteiger partial charge < -0.3 is 10.6 Å². The summed E-state index contributed by atoms with van der Waals surface area (Å²) in [6, 6.07) is 5.86. The fraction of sp³-hybridized carbons (Fsp3) is 0.462. The highest BCUT2D eigenvalue weighted by Crippen LogP contribution is 2.26. The van der Waals surface area contributed by atoms with Crippen LogP contribution < -0.4 is 10.6 Å². The fourth-order valence-electron chi connectivity index (χ4n) is 1.91. The van der Waals surface area contributed by atoms with E-state index in [-0.39, 0.29) is 5.84 Å². The first-order valence-electron chi connectivity index (χ1n) is 5.91. The lowest BCUT2D eigenvalue weighted by Gasteiger charge is -2.31. The Morgan fingerprint density at radius 1 is 1.47 bits per heavy atom. The number of halogens is 1. The normalized spacial score (nSPS) is 12.2. The van der Waals surface area contributed by atoms with Crippen molar-refractivity contribution in [2.45, 2.75) is 33.2 Å². The molecule has 3 N–H and O–H groups in total. The van der Waals surface area contributed by atoms with Crippen molar-refractivity contribution >= 4 is 23.1 Å². The molecule has 0 heterocycles. The number of rotatable bonds is 5. The van der Waals surface area contributed by atoms with E-state index in [9.17, 15) is 0 Å². The lowest BCUT2D eigenvalue weighted by molar-refractivity contribution is 0.629. The number of nitrogens with one attached hydrogen (secondary N) is 1. The smallest absolute Gasteiger partial charge is 0.124 e. The Bertz CT molecular complexity index is 404. The number of nitrogens with zero attached hydrogens (tertiary/aromatic N) is 1. The number of anilines is 1. The fourth-order valence-corrected chi connectivity index (χ4v) is 2.08. The Morgan fingerprint density at radius 2 is 2.12 bits per heavy atom. The molecule has 0 saturated carbocycles. The van der Waals surface area contributed by atoms with Crippen molar-refractivity contribution in [3.8, 4) is 0 Å². The lowest BCUT2D eigenvalue weighted by atomic mass is 10.1. The van der Waals surface area contributed by atoms with Crippen LogP contribution in [0.25, 0.3) is 0 Å². The standard InChI is InChI=1S/C13H20ClN3/c1-4-9(3)17(5-2)12-8-10(14)6-7-11(12)13(15)16/h6-9H,4-5H2,1-3H3,(H3,15,16). The average Bonchev–Trinajstić information content (AvgIpc) is 2.29. The molecule has 0 aliphatic rings. The van der Waals surface area contributed by atoms with Crippen molar-refractivity contribution in [2.75, 3.05) is 11.4 Å². The predicted octanol–water partition coefficient (Wildman–Crippen LogP) is 3.25. The van der Waals surface area contributed by atoms with Crippen LogP contribution in [0, 0.1) is 5.41 Å². The molecule has 0 fully saturated rings. The lowest BCUT2D eigenvalue weighted by Crippen LogP contribution is -2.34. The van der Waals surface area contributed by atoms with Crippen molar-refractivity contribution < 1.29 is 0 Å². The highest BCUT2D eigenvalue weighted by molar-refractivity contribution is 6.31. The molecule has 94 valence electrons. The van der Waals surface area contributed by atoms with Gasteiger partial charge in [0.1, 0.15) is 5.84 Å². The summed E-state index contributed by atoms with van der Waals surface area (Å²) < 4.78 is 0. The second kappa shape index (κ2) is 5.92. The second-order valence-corrected chi connectivity index (χ2v) is 4.55. The third kappa shape index (κ3) is 3.13. The Morgan fingerprint density at radius 3 is 2.59 bits per heavy atom. The summed E-state index contributed by atoms with van der Waals surface area (Å²) >= 11 is 6.03. The maximum atomic E-state index is 7.62. The minimum Gasteiger partial charge on any atom is -0.384 e. The van der Waals surface area contributed by atoms with Gasteiger partial charge in [0.15, 0.2) is 0 Å². The van der Waals surface area contributed by atoms with Crippen LogP contribution in [-0.4, -0.2) is 18.4 Å². The Balaban J connectivity index is 3.25. The largest absolute Gasteiger partial charge is 0.384 e. The maximum Gasteiger partial charge on any atom is 0.124 e. The molecule has 0 saturated heterocycles. The molecule has 0 amide bonds. The van der Waals surface area contributed by atoms with Crippen molar-refractivity contribution in [1.29, 1.82) is 5.41 Å². The molecule has 0 aliphatic heterocycles. The average molecular weight is 254 g/mol. The summed E-state index contributed by atoms with van der Waals surface area (Å²) in [5, 5.41) is 8.29. The summed E-state index contributed by atoms with van der Waals surface area (Å²) in [5.41, 5.74) is 7.31. The number of hydrogen-bond acceptors (Lipinski definition) is 2. The molecular formula is C13H20ClN3. The number of hydrogen-bond donors (Lipinski definition) is 2. The molecule has 1 aromatic rings. The number of nitrogens with two attached hydrogens (primary N) is 1. The van der Waals surface area contributed by atoms with Crippen LogP contribution in [0.2, 0.25) is 5.02 Å². The van der Waals surface area contributed by atoms with Gasteiger partial charge in [-0.05, 0) is 38.5 Å². The van der Waals surface area contributed by atoms with Gasteiger partial charge in [0.25, 0.3) is 0 Å². The first kappa shape index (κ1) is 13.8. The zero-order chi connectivity index (χ0) is 13.0. The van der Waals surface area contributed by atoms with Gasteiger partial charge in [-0.25, -0.2) is 0 Å². The zero-order valence-corrected chi connectivity index (χ0v) is 11.4. The van der Waals surface area contributed by atoms with E-state index in [1.807, 2.05) is 12.1 Å². The van der Waals surface area contributed by atoms with Crippen molar-refractivity contribution in [3.05, 3.63) is 28.8 Å². The highest BCUT2D eigenvalue weighted by atomic mass is 35.5. The third-order valence-electron chi connectivity index (χ3n) is 3.02. The summed E-state index contributed by atoms with van der Waals surface area (Å²) in [7, 11) is 0. The molecule has 1 rings (SSSR count). The van der Waals surface area contributed by atoms with Crippen LogP contribution in [0.3, 0.4) is 0 Å². The molecular weight excluding hydrogens is 234 g/mol. The Hall–Kier alpha value is -1.22. The van der Waals surface area contributed by atoms with Gasteiger partial charge in [0.05, 0.1) is 0 Å². The summed E-state index contributed by atoms with van der Waals surface area (Å²) in [4.78, 5) is 2.22. The SMILES string of the molecule is CCC(C)N(CC)c1cc(Cl)ccc1C(=N)N. The van der Waals surface area contributed by atoms with E-state index >= 15 is 0 Å². The van der Waals surface area contributed by atoms with Gasteiger partial charge >= 0.3 is 0 Å². The van der Waals surface area contributed by atoms with E-state index in [1.165, 1.54) is 0 Å². The van der Waals surface area contributed by atoms with E-state index in [4.69, 9.17) is 22.7 Å². The number of amidine groups is 1. The van der Waals surface area contributed by atoms with Crippen LogP contribution in [0.5, 0.6) is 0 Å². The van der Waals surface area contributed by atoms with E-state index in [0.717, 1.165) is 24.2 Å². The molecule has 0 radical (unpaired) electrons. The summed E-state index contributed by atoms with van der Waals surface area (Å²) in [5.74, 6) is 0.0819. The molecule has 1 unspecified atom stereocenters. The van der Waals surface area contributed by atoms with Crippen molar-refractivity contribution in [1.82, 2.24) is 0 Å². The van der Waals surface area contributed by atoms with Crippen LogP contribution in [0.15, 0.2) is 18.2 Å². The van der Waals surface area contributed by atoms with Crippen LogP contribution in [-0.2, 0) is 0 Å². The molecule has 1 atom stereocenters. The van der Waals surface area contributed by atoms with E-state index in [1.54, 1.807) is 6.07 Å². The topological polar surface area (TPSA) is 53.1 Å². The number of nitrogen functional groups attached to an aromatic ring is 1. The minimum absolute atomic E-state index is 0.0819. The summed E-state index contributed by atoms with van der Waals surface area (Å²) in [6.07, 6.45) is 1.04. The monoisotopic (exact) mass is 253 g/mol. The minimum atomic E-state index is 0.0819. The Kier molecular flexibility index (Phi) is 4.82. The van der Waals surface area contributed by atoms with Gasteiger partial charge in [-0.15, -0.1) is 0 Å². The van der Waals surface area contributed by atoms with Crippen molar-refractivity contribution in [2.24, 2.45) is 5.73 Å². The van der Waals surface area contributed by atoms with E-state index in [2.05, 4.69) is 25.7 Å². The van der Waals surface area contributed by atoms with Gasteiger partial charge in [-0.2, -0.15) is 0 Å². The van der Waals surface area contributed by atoms with Gasteiger partial charge in [-0.1, -0.05) is 18.5 Å². The second-order valence-electron chi connectivity index (χ2n) is 4.12. The van der Waals surface area contributed by atoms with Gasteiger partial charge in [0, 0.05) is 28.9 Å². The molecule has 0 spiro atoms. The van der Waals surface area contributed by atoms with E-state index < -0.39 is 0 Å². The molecule has 3 nitrogen and oxygen atoms in total. The van der Waals surface area contributed by atoms with Gasteiger partial charge in [0.2, 0.25) is 0 Å². The van der Waals surface area contributed by atoms with Crippen molar-refractivity contribution in [3.63, 3.8) is 0 Å². The molecule has 0 aromatic heterocycles. The predicted molar refractivity (Wildman–Crippen MR) is 75.2 cm³/mol. The third-order valence-corrected chi connectivity index (χ3v) is 3.26. The highest BCUT2D eigenvalue weighted by Gasteiger charge is 2.16. The molecule has 0 bridgehead atoms. The molecule has 4 heteroatoms. The first-order valence-corrected chi connectivity index (χ1v) is 6.29. The number of benzene rings is 1. The zero-order valence-electron chi connectivity index (χ0n) is 10.6. The van der Waals surface area contributed by atoms with Crippen LogP contribution in [0.4, 0.5) is 5.69 Å². The summed E-state index contributed by atoms with van der Waals surface area (Å²) in [6.45, 7) is 7.27. The van der Waals surface area contributed by atoms with Crippen LogP contribution >= 0.6 is 11.6 Å². The van der Waals surface area contributed by atoms with E-state index in [0.29, 0.717) is 11.1 Å². The quantitative estimate of drug-likeness (QED) is 0.625.